The quantitative estimate of drug-likeness (QED) is 0.417. The Morgan fingerprint density at radius 1 is 1.24 bits per heavy atom. The van der Waals surface area contributed by atoms with Gasteiger partial charge in [-0.3, -0.25) is 9.20 Å². The second-order valence-corrected chi connectivity index (χ2v) is 8.03. The monoisotopic (exact) mass is 459 g/mol. The first-order chi connectivity index (χ1) is 16.5. The minimum Gasteiger partial charge on any atom is -0.495 e. The van der Waals surface area contributed by atoms with E-state index in [1.807, 2.05) is 55.6 Å². The van der Waals surface area contributed by atoms with Crippen molar-refractivity contribution in [3.8, 4) is 22.9 Å². The highest BCUT2D eigenvalue weighted by atomic mass is 16.5. The second-order valence-electron chi connectivity index (χ2n) is 8.03. The molecule has 34 heavy (non-hydrogen) atoms. The number of fused-ring (bicyclic) bond motifs is 3. The second kappa shape index (κ2) is 8.64. The van der Waals surface area contributed by atoms with Crippen molar-refractivity contribution in [2.75, 3.05) is 24.8 Å². The van der Waals surface area contributed by atoms with E-state index in [1.165, 1.54) is 6.20 Å². The third-order valence-electron chi connectivity index (χ3n) is 5.77. The van der Waals surface area contributed by atoms with Crippen molar-refractivity contribution in [2.24, 2.45) is 0 Å². The molecule has 10 heteroatoms. The number of ether oxygens (including phenoxy) is 2. The van der Waals surface area contributed by atoms with E-state index in [0.717, 1.165) is 22.6 Å². The fraction of sp³-hybridized carbons (Fsp3) is 0.250. The van der Waals surface area contributed by atoms with Gasteiger partial charge in [-0.1, -0.05) is 6.07 Å². The molecule has 1 amide bonds. The third-order valence-corrected chi connectivity index (χ3v) is 5.77. The van der Waals surface area contributed by atoms with Gasteiger partial charge in [0.05, 0.1) is 25.0 Å². The largest absolute Gasteiger partial charge is 0.495 e. The number of nitrogens with one attached hydrogen (secondary N) is 3. The first-order valence-electron chi connectivity index (χ1n) is 10.9. The Bertz CT molecular complexity index is 1370. The van der Waals surface area contributed by atoms with Crippen molar-refractivity contribution in [1.82, 2.24) is 24.7 Å². The van der Waals surface area contributed by atoms with Gasteiger partial charge in [0.1, 0.15) is 34.4 Å². The fourth-order valence-corrected chi connectivity index (χ4v) is 3.85. The van der Waals surface area contributed by atoms with Crippen LogP contribution in [0.5, 0.6) is 11.6 Å². The van der Waals surface area contributed by atoms with Crippen LogP contribution >= 0.6 is 0 Å². The number of amides is 1. The summed E-state index contributed by atoms with van der Waals surface area (Å²) in [7, 11) is 3.42. The maximum atomic E-state index is 12.9. The van der Waals surface area contributed by atoms with Crippen molar-refractivity contribution < 1.29 is 14.3 Å². The molecule has 1 aliphatic rings. The number of likely N-dealkylation sites (N-methyl/N-ethyl adjacent to an activating group) is 1. The van der Waals surface area contributed by atoms with E-state index in [9.17, 15) is 4.79 Å². The molecule has 0 saturated carbocycles. The molecule has 0 fully saturated rings. The number of methoxy groups -OCH3 is 1. The lowest BCUT2D eigenvalue weighted by Gasteiger charge is -2.25. The van der Waals surface area contributed by atoms with Crippen molar-refractivity contribution in [3.63, 3.8) is 0 Å². The molecule has 1 aliphatic heterocycles. The van der Waals surface area contributed by atoms with Crippen molar-refractivity contribution in [3.05, 3.63) is 60.0 Å². The lowest BCUT2D eigenvalue weighted by Crippen LogP contribution is -2.44. The number of anilines is 2. The van der Waals surface area contributed by atoms with Crippen molar-refractivity contribution in [1.29, 1.82) is 0 Å². The molecule has 5 heterocycles. The van der Waals surface area contributed by atoms with Gasteiger partial charge in [0.15, 0.2) is 6.23 Å². The van der Waals surface area contributed by atoms with Gasteiger partial charge in [-0.25, -0.2) is 15.0 Å². The molecule has 4 aromatic rings. The number of imidazole rings is 1. The van der Waals surface area contributed by atoms with Crippen LogP contribution in [0.4, 0.5) is 11.6 Å². The lowest BCUT2D eigenvalue weighted by molar-refractivity contribution is 0.102. The number of aryl methyl sites for hydroxylation is 1. The van der Waals surface area contributed by atoms with Crippen LogP contribution in [0.2, 0.25) is 0 Å². The molecular formula is C24H25N7O3. The Kier molecular flexibility index (Phi) is 5.50. The van der Waals surface area contributed by atoms with Crippen molar-refractivity contribution in [2.45, 2.75) is 26.1 Å². The van der Waals surface area contributed by atoms with Gasteiger partial charge >= 0.3 is 0 Å². The predicted octanol–water partition coefficient (Wildman–Crippen LogP) is 3.10. The van der Waals surface area contributed by atoms with Gasteiger partial charge in [0.2, 0.25) is 5.88 Å². The van der Waals surface area contributed by atoms with Crippen LogP contribution in [0.3, 0.4) is 0 Å². The summed E-state index contributed by atoms with van der Waals surface area (Å²) >= 11 is 0. The highest BCUT2D eigenvalue weighted by molar-refractivity contribution is 6.02. The van der Waals surface area contributed by atoms with Gasteiger partial charge in [-0.15, -0.1) is 0 Å². The molecule has 0 saturated heterocycles. The maximum Gasteiger partial charge on any atom is 0.275 e. The molecule has 0 radical (unpaired) electrons. The minimum atomic E-state index is -0.440. The summed E-state index contributed by atoms with van der Waals surface area (Å²) in [4.78, 5) is 26.3. The SMILES string of the molecule is CNC(C)C1Nc2cc(cc(NC(=O)c3ccc(OC)cn3)n2)-c2cccc3nc(C)c(n23)O1. The predicted molar refractivity (Wildman–Crippen MR) is 128 cm³/mol. The van der Waals surface area contributed by atoms with E-state index >= 15 is 0 Å². The smallest absolute Gasteiger partial charge is 0.275 e. The number of nitrogens with zero attached hydrogens (tertiary/aromatic N) is 4. The summed E-state index contributed by atoms with van der Waals surface area (Å²) in [6.45, 7) is 3.93. The summed E-state index contributed by atoms with van der Waals surface area (Å²) in [5, 5.41) is 9.44. The Morgan fingerprint density at radius 2 is 2.09 bits per heavy atom. The number of hydrogen-bond acceptors (Lipinski definition) is 8. The maximum absolute atomic E-state index is 12.9. The molecule has 3 N–H and O–H groups in total. The molecule has 174 valence electrons. The molecule has 5 rings (SSSR count). The highest BCUT2D eigenvalue weighted by Gasteiger charge is 2.25. The molecular weight excluding hydrogens is 434 g/mol. The van der Waals surface area contributed by atoms with Crippen LogP contribution in [0.25, 0.3) is 16.9 Å². The Hall–Kier alpha value is -4.18. The number of aromatic nitrogens is 4. The van der Waals surface area contributed by atoms with Crippen LogP contribution in [-0.4, -0.2) is 51.7 Å². The van der Waals surface area contributed by atoms with E-state index in [1.54, 1.807) is 19.2 Å². The number of carbonyl (C=O) groups is 1. The summed E-state index contributed by atoms with van der Waals surface area (Å²) in [5.74, 6) is 1.81. The average molecular weight is 460 g/mol. The molecule has 0 aliphatic carbocycles. The Balaban J connectivity index is 1.60. The molecule has 0 spiro atoms. The van der Waals surface area contributed by atoms with Crippen LogP contribution in [0.15, 0.2) is 48.7 Å². The molecule has 2 unspecified atom stereocenters. The molecule has 2 bridgehead atoms. The zero-order chi connectivity index (χ0) is 23.8. The normalized spacial score (nSPS) is 15.4. The zero-order valence-corrected chi connectivity index (χ0v) is 19.3. The Morgan fingerprint density at radius 3 is 2.82 bits per heavy atom. The topological polar surface area (TPSA) is 115 Å². The fourth-order valence-electron chi connectivity index (χ4n) is 3.85. The number of hydrogen-bond donors (Lipinski definition) is 3. The third kappa shape index (κ3) is 3.88. The van der Waals surface area contributed by atoms with E-state index in [-0.39, 0.29) is 17.6 Å². The molecule has 0 aromatic carbocycles. The first kappa shape index (κ1) is 21.7. The standard InChI is InChI=1S/C24H25N7O3/c1-13(25-3)23-30-20-11-15(18-6-5-7-21-27-14(2)24(34-23)31(18)21)10-19(28-20)29-22(32)17-9-8-16(33-4)12-26-17/h5-13,23,25H,1-4H3,(H2,28,29,30,32). The Labute approximate surface area is 196 Å². The first-order valence-corrected chi connectivity index (χ1v) is 10.9. The van der Waals surface area contributed by atoms with Gasteiger partial charge in [-0.05, 0) is 57.3 Å². The van der Waals surface area contributed by atoms with Gasteiger partial charge in [-0.2, -0.15) is 0 Å². The molecule has 10 nitrogen and oxygen atoms in total. The number of carbonyl (C=O) groups excluding carboxylic acids is 1. The van der Waals surface area contributed by atoms with Crippen LogP contribution in [-0.2, 0) is 0 Å². The van der Waals surface area contributed by atoms with Gasteiger partial charge in [0.25, 0.3) is 5.91 Å². The van der Waals surface area contributed by atoms with E-state index in [4.69, 9.17) is 9.47 Å². The van der Waals surface area contributed by atoms with E-state index in [0.29, 0.717) is 23.3 Å². The summed E-state index contributed by atoms with van der Waals surface area (Å²) in [6, 6.07) is 12.9. The van der Waals surface area contributed by atoms with Crippen LogP contribution < -0.4 is 25.4 Å². The average Bonchev–Trinajstić information content (AvgIpc) is 3.19. The summed E-state index contributed by atoms with van der Waals surface area (Å²) in [5.41, 5.74) is 3.53. The zero-order valence-electron chi connectivity index (χ0n) is 19.3. The van der Waals surface area contributed by atoms with Crippen molar-refractivity contribution >= 4 is 23.2 Å². The highest BCUT2D eigenvalue weighted by Crippen LogP contribution is 2.33. The summed E-state index contributed by atoms with van der Waals surface area (Å²) in [6.07, 6.45) is 1.06. The van der Waals surface area contributed by atoms with Gasteiger partial charge < -0.3 is 25.4 Å². The number of pyridine rings is 3. The van der Waals surface area contributed by atoms with Crippen LogP contribution in [0.1, 0.15) is 23.1 Å². The van der Waals surface area contributed by atoms with E-state index < -0.39 is 6.23 Å². The molecule has 2 atom stereocenters. The molecule has 4 aromatic heterocycles. The number of rotatable bonds is 5. The van der Waals surface area contributed by atoms with Crippen LogP contribution in [0, 0.1) is 6.92 Å². The van der Waals surface area contributed by atoms with Gasteiger partial charge in [0, 0.05) is 5.56 Å². The lowest BCUT2D eigenvalue weighted by atomic mass is 10.1. The minimum absolute atomic E-state index is 0.0535. The summed E-state index contributed by atoms with van der Waals surface area (Å²) < 4.78 is 13.5. The van der Waals surface area contributed by atoms with E-state index in [2.05, 4.69) is 30.9 Å².